The van der Waals surface area contributed by atoms with E-state index in [-0.39, 0.29) is 18.1 Å². The summed E-state index contributed by atoms with van der Waals surface area (Å²) in [6.45, 7) is 0. The third-order valence-corrected chi connectivity index (χ3v) is 4.03. The molecule has 1 heterocycles. The van der Waals surface area contributed by atoms with Gasteiger partial charge in [-0.2, -0.15) is 0 Å². The standard InChI is InChI=1S/C8H8BrClFNO2S/c9-6-4-7(11)8(12-5-6)15(13,14)3-1-2-10/h4-5H,1-3H2. The fraction of sp³-hybridized carbons (Fsp3) is 0.375. The first-order chi connectivity index (χ1) is 6.97. The minimum atomic E-state index is -3.66. The van der Waals surface area contributed by atoms with Crippen LogP contribution >= 0.6 is 27.5 Å². The minimum Gasteiger partial charge on any atom is -0.241 e. The van der Waals surface area contributed by atoms with Gasteiger partial charge in [-0.1, -0.05) is 0 Å². The van der Waals surface area contributed by atoms with Crippen molar-refractivity contribution in [2.45, 2.75) is 11.4 Å². The van der Waals surface area contributed by atoms with Gasteiger partial charge in [-0.3, -0.25) is 0 Å². The first kappa shape index (κ1) is 12.9. The van der Waals surface area contributed by atoms with Gasteiger partial charge >= 0.3 is 0 Å². The van der Waals surface area contributed by atoms with Gasteiger partial charge in [0.15, 0.2) is 20.7 Å². The Morgan fingerprint density at radius 2 is 2.20 bits per heavy atom. The first-order valence-electron chi connectivity index (χ1n) is 4.07. The second kappa shape index (κ2) is 5.23. The number of hydrogen-bond donors (Lipinski definition) is 0. The van der Waals surface area contributed by atoms with Gasteiger partial charge in [0.1, 0.15) is 0 Å². The Labute approximate surface area is 101 Å². The lowest BCUT2D eigenvalue weighted by molar-refractivity contribution is 0.552. The molecule has 0 saturated carbocycles. The number of nitrogens with zero attached hydrogens (tertiary/aromatic N) is 1. The predicted molar refractivity (Wildman–Crippen MR) is 59.3 cm³/mol. The largest absolute Gasteiger partial charge is 0.241 e. The van der Waals surface area contributed by atoms with Crippen LogP contribution in [0.4, 0.5) is 4.39 Å². The van der Waals surface area contributed by atoms with Crippen molar-refractivity contribution >= 4 is 37.4 Å². The lowest BCUT2D eigenvalue weighted by Gasteiger charge is -2.03. The van der Waals surface area contributed by atoms with E-state index < -0.39 is 20.7 Å². The number of aromatic nitrogens is 1. The molecule has 0 aliphatic heterocycles. The number of hydrogen-bond acceptors (Lipinski definition) is 3. The number of halogens is 3. The van der Waals surface area contributed by atoms with Gasteiger partial charge < -0.3 is 0 Å². The average Bonchev–Trinajstić information content (AvgIpc) is 2.14. The molecule has 3 nitrogen and oxygen atoms in total. The van der Waals surface area contributed by atoms with Crippen molar-refractivity contribution in [1.29, 1.82) is 0 Å². The van der Waals surface area contributed by atoms with Gasteiger partial charge in [-0.05, 0) is 28.4 Å². The maximum absolute atomic E-state index is 13.3. The molecule has 0 amide bonds. The molecule has 0 N–H and O–H groups in total. The van der Waals surface area contributed by atoms with Crippen molar-refractivity contribution in [3.63, 3.8) is 0 Å². The summed E-state index contributed by atoms with van der Waals surface area (Å²) in [7, 11) is -3.66. The van der Waals surface area contributed by atoms with Crippen LogP contribution in [0.1, 0.15) is 6.42 Å². The zero-order chi connectivity index (χ0) is 11.5. The second-order valence-electron chi connectivity index (χ2n) is 2.80. The van der Waals surface area contributed by atoms with Gasteiger partial charge in [0.05, 0.1) is 5.75 Å². The number of rotatable bonds is 4. The van der Waals surface area contributed by atoms with E-state index in [1.807, 2.05) is 0 Å². The molecule has 0 aromatic carbocycles. The Hall–Kier alpha value is -0.200. The highest BCUT2D eigenvalue weighted by Crippen LogP contribution is 2.17. The van der Waals surface area contributed by atoms with E-state index in [1.165, 1.54) is 6.20 Å². The fourth-order valence-corrected chi connectivity index (χ4v) is 2.85. The van der Waals surface area contributed by atoms with E-state index in [0.717, 1.165) is 6.07 Å². The van der Waals surface area contributed by atoms with Gasteiger partial charge in [0.2, 0.25) is 0 Å². The van der Waals surface area contributed by atoms with Gasteiger partial charge in [-0.25, -0.2) is 17.8 Å². The molecule has 1 aromatic heterocycles. The molecular weight excluding hydrogens is 309 g/mol. The molecule has 0 spiro atoms. The predicted octanol–water partition coefficient (Wildman–Crippen LogP) is 2.39. The summed E-state index contributed by atoms with van der Waals surface area (Å²) < 4.78 is 36.8. The molecule has 1 rings (SSSR count). The molecule has 0 bridgehead atoms. The number of alkyl halides is 1. The van der Waals surface area contributed by atoms with E-state index in [9.17, 15) is 12.8 Å². The van der Waals surface area contributed by atoms with Crippen LogP contribution in [0.3, 0.4) is 0 Å². The van der Waals surface area contributed by atoms with Gasteiger partial charge in [0, 0.05) is 16.5 Å². The van der Waals surface area contributed by atoms with Crippen LogP contribution in [0.25, 0.3) is 0 Å². The summed E-state index contributed by atoms with van der Waals surface area (Å²) in [5, 5.41) is -0.518. The Morgan fingerprint density at radius 1 is 1.53 bits per heavy atom. The van der Waals surface area contributed by atoms with Crippen LogP contribution in [0.2, 0.25) is 0 Å². The van der Waals surface area contributed by atoms with Crippen molar-refractivity contribution in [2.24, 2.45) is 0 Å². The zero-order valence-corrected chi connectivity index (χ0v) is 10.7. The lowest BCUT2D eigenvalue weighted by Crippen LogP contribution is -2.11. The molecule has 0 fully saturated rings. The third kappa shape index (κ3) is 3.39. The molecule has 0 aliphatic carbocycles. The smallest absolute Gasteiger partial charge is 0.198 e. The lowest BCUT2D eigenvalue weighted by atomic mass is 10.5. The topological polar surface area (TPSA) is 47.0 Å². The summed E-state index contributed by atoms with van der Waals surface area (Å²) in [6, 6.07) is 1.07. The highest BCUT2D eigenvalue weighted by atomic mass is 79.9. The third-order valence-electron chi connectivity index (χ3n) is 1.62. The van der Waals surface area contributed by atoms with Gasteiger partial charge in [0.25, 0.3) is 0 Å². The summed E-state index contributed by atoms with van der Waals surface area (Å²) in [4.78, 5) is 3.55. The molecule has 0 atom stereocenters. The van der Waals surface area contributed by atoms with Crippen molar-refractivity contribution < 1.29 is 12.8 Å². The molecule has 0 radical (unpaired) electrons. The normalized spacial score (nSPS) is 11.7. The van der Waals surface area contributed by atoms with E-state index in [4.69, 9.17) is 11.6 Å². The maximum Gasteiger partial charge on any atom is 0.198 e. The van der Waals surface area contributed by atoms with Crippen LogP contribution in [-0.4, -0.2) is 25.0 Å². The molecule has 0 aliphatic rings. The molecule has 15 heavy (non-hydrogen) atoms. The molecule has 0 saturated heterocycles. The average molecular weight is 317 g/mol. The van der Waals surface area contributed by atoms with Crippen LogP contribution < -0.4 is 0 Å². The number of pyridine rings is 1. The van der Waals surface area contributed by atoms with E-state index in [1.54, 1.807) is 0 Å². The summed E-state index contributed by atoms with van der Waals surface area (Å²) >= 11 is 8.37. The van der Waals surface area contributed by atoms with Crippen LogP contribution in [0.15, 0.2) is 21.8 Å². The van der Waals surface area contributed by atoms with Crippen molar-refractivity contribution in [2.75, 3.05) is 11.6 Å². The van der Waals surface area contributed by atoms with E-state index in [2.05, 4.69) is 20.9 Å². The van der Waals surface area contributed by atoms with Crippen LogP contribution in [0.5, 0.6) is 0 Å². The maximum atomic E-state index is 13.3. The Kier molecular flexibility index (Phi) is 4.48. The zero-order valence-electron chi connectivity index (χ0n) is 7.58. The quantitative estimate of drug-likeness (QED) is 0.801. The van der Waals surface area contributed by atoms with Crippen molar-refractivity contribution in [1.82, 2.24) is 4.98 Å². The SMILES string of the molecule is O=S(=O)(CCCCl)c1ncc(Br)cc1F. The summed E-state index contributed by atoms with van der Waals surface area (Å²) in [6.07, 6.45) is 1.53. The van der Waals surface area contributed by atoms with E-state index in [0.29, 0.717) is 4.47 Å². The molecule has 84 valence electrons. The highest BCUT2D eigenvalue weighted by molar-refractivity contribution is 9.10. The van der Waals surface area contributed by atoms with Crippen molar-refractivity contribution in [3.8, 4) is 0 Å². The van der Waals surface area contributed by atoms with Crippen LogP contribution in [-0.2, 0) is 9.84 Å². The van der Waals surface area contributed by atoms with Gasteiger partial charge in [-0.15, -0.1) is 11.6 Å². The van der Waals surface area contributed by atoms with Crippen LogP contribution in [0, 0.1) is 5.82 Å². The second-order valence-corrected chi connectivity index (χ2v) is 6.12. The Morgan fingerprint density at radius 3 is 2.73 bits per heavy atom. The molecular formula is C8H8BrClFNO2S. The van der Waals surface area contributed by atoms with E-state index >= 15 is 0 Å². The molecule has 7 heteroatoms. The summed E-state index contributed by atoms with van der Waals surface area (Å²) in [5.41, 5.74) is 0. The fourth-order valence-electron chi connectivity index (χ4n) is 0.972. The molecule has 1 aromatic rings. The van der Waals surface area contributed by atoms with Crippen molar-refractivity contribution in [3.05, 3.63) is 22.6 Å². The Bertz CT molecular complexity index is 452. The monoisotopic (exact) mass is 315 g/mol. The minimum absolute atomic E-state index is 0.192. The summed E-state index contributed by atoms with van der Waals surface area (Å²) in [5.74, 6) is -0.821. The first-order valence-corrected chi connectivity index (χ1v) is 7.05. The molecule has 0 unspecified atom stereocenters. The number of sulfone groups is 1. The highest BCUT2D eigenvalue weighted by Gasteiger charge is 2.20. The Balaban J connectivity index is 3.05.